The standard InChI is InChI=1S/C19H20N2O4/c1-25-17-9-5-3-7-15(17)21-12-14(10-18(21)23)19(24)20-11-13-6-2-4-8-16(13)22/h2-9,14,22H,10-12H2,1H3,(H,20,24)/t14-/m0/s1. The lowest BCUT2D eigenvalue weighted by Crippen LogP contribution is -2.32. The van der Waals surface area contributed by atoms with Gasteiger partial charge in [-0.1, -0.05) is 30.3 Å². The summed E-state index contributed by atoms with van der Waals surface area (Å²) >= 11 is 0. The van der Waals surface area contributed by atoms with Gasteiger partial charge >= 0.3 is 0 Å². The van der Waals surface area contributed by atoms with Gasteiger partial charge in [-0.3, -0.25) is 9.59 Å². The lowest BCUT2D eigenvalue weighted by molar-refractivity contribution is -0.126. The van der Waals surface area contributed by atoms with Gasteiger partial charge in [-0.15, -0.1) is 0 Å². The van der Waals surface area contributed by atoms with Gasteiger partial charge in [0.2, 0.25) is 11.8 Å². The van der Waals surface area contributed by atoms with E-state index in [0.717, 1.165) is 0 Å². The third kappa shape index (κ3) is 3.57. The Morgan fingerprint density at radius 1 is 1.24 bits per heavy atom. The molecule has 0 spiro atoms. The highest BCUT2D eigenvalue weighted by Crippen LogP contribution is 2.32. The van der Waals surface area contributed by atoms with Gasteiger partial charge in [-0.25, -0.2) is 0 Å². The maximum Gasteiger partial charge on any atom is 0.227 e. The van der Waals surface area contributed by atoms with Crippen LogP contribution in [0.2, 0.25) is 0 Å². The third-order valence-electron chi connectivity index (χ3n) is 4.32. The number of aromatic hydroxyl groups is 1. The molecule has 2 amide bonds. The Kier molecular flexibility index (Phi) is 4.88. The zero-order valence-corrected chi connectivity index (χ0v) is 13.9. The van der Waals surface area contributed by atoms with Crippen LogP contribution in [0.1, 0.15) is 12.0 Å². The summed E-state index contributed by atoms with van der Waals surface area (Å²) < 4.78 is 5.30. The lowest BCUT2D eigenvalue weighted by Gasteiger charge is -2.19. The predicted octanol–water partition coefficient (Wildman–Crippen LogP) is 2.07. The van der Waals surface area contributed by atoms with Crippen LogP contribution < -0.4 is 15.0 Å². The van der Waals surface area contributed by atoms with Crippen molar-refractivity contribution in [1.29, 1.82) is 0 Å². The van der Waals surface area contributed by atoms with Gasteiger partial charge in [0.15, 0.2) is 0 Å². The van der Waals surface area contributed by atoms with Crippen LogP contribution in [0.3, 0.4) is 0 Å². The Bertz CT molecular complexity index is 790. The minimum Gasteiger partial charge on any atom is -0.508 e. The SMILES string of the molecule is COc1ccccc1N1C[C@@H](C(=O)NCc2ccccc2O)CC1=O. The number of carbonyl (C=O) groups excluding carboxylic acids is 2. The van der Waals surface area contributed by atoms with Gasteiger partial charge in [-0.05, 0) is 18.2 Å². The van der Waals surface area contributed by atoms with E-state index in [2.05, 4.69) is 5.32 Å². The maximum absolute atomic E-state index is 12.4. The molecule has 6 heteroatoms. The molecule has 1 aliphatic rings. The number of carbonyl (C=O) groups is 2. The lowest BCUT2D eigenvalue weighted by atomic mass is 10.1. The zero-order chi connectivity index (χ0) is 17.8. The van der Waals surface area contributed by atoms with E-state index in [1.54, 1.807) is 48.4 Å². The molecule has 2 aromatic carbocycles. The fraction of sp³-hybridized carbons (Fsp3) is 0.263. The van der Waals surface area contributed by atoms with Gasteiger partial charge in [0.05, 0.1) is 18.7 Å². The van der Waals surface area contributed by atoms with E-state index in [0.29, 0.717) is 23.5 Å². The van der Waals surface area contributed by atoms with Crippen molar-refractivity contribution in [1.82, 2.24) is 5.32 Å². The number of nitrogens with one attached hydrogen (secondary N) is 1. The number of methoxy groups -OCH3 is 1. The Balaban J connectivity index is 1.66. The molecular formula is C19H20N2O4. The molecule has 6 nitrogen and oxygen atoms in total. The van der Waals surface area contributed by atoms with E-state index in [1.807, 2.05) is 12.1 Å². The average Bonchev–Trinajstić information content (AvgIpc) is 3.02. The highest BCUT2D eigenvalue weighted by Gasteiger charge is 2.36. The van der Waals surface area contributed by atoms with Crippen LogP contribution in [0.15, 0.2) is 48.5 Å². The number of phenolic OH excluding ortho intramolecular Hbond substituents is 1. The number of para-hydroxylation sites is 3. The quantitative estimate of drug-likeness (QED) is 0.873. The van der Waals surface area contributed by atoms with Crippen LogP contribution in [0.4, 0.5) is 5.69 Å². The summed E-state index contributed by atoms with van der Waals surface area (Å²) in [6.45, 7) is 0.538. The molecule has 0 bridgehead atoms. The summed E-state index contributed by atoms with van der Waals surface area (Å²) in [5, 5.41) is 12.5. The van der Waals surface area contributed by atoms with Crippen LogP contribution in [0.5, 0.6) is 11.5 Å². The Morgan fingerprint density at radius 3 is 2.72 bits per heavy atom. The molecule has 0 unspecified atom stereocenters. The molecule has 130 valence electrons. The molecule has 1 saturated heterocycles. The summed E-state index contributed by atoms with van der Waals surface area (Å²) in [6, 6.07) is 14.1. The van der Waals surface area contributed by atoms with Gasteiger partial charge < -0.3 is 20.1 Å². The fourth-order valence-electron chi connectivity index (χ4n) is 2.96. The summed E-state index contributed by atoms with van der Waals surface area (Å²) in [6.07, 6.45) is 0.157. The minimum atomic E-state index is -0.428. The van der Waals surface area contributed by atoms with Crippen molar-refractivity contribution in [2.45, 2.75) is 13.0 Å². The smallest absolute Gasteiger partial charge is 0.227 e. The first kappa shape index (κ1) is 16.8. The third-order valence-corrected chi connectivity index (χ3v) is 4.32. The van der Waals surface area contributed by atoms with Crippen LogP contribution in [0.25, 0.3) is 0 Å². The first-order valence-corrected chi connectivity index (χ1v) is 8.08. The van der Waals surface area contributed by atoms with Crippen LogP contribution in [-0.4, -0.2) is 30.6 Å². The van der Waals surface area contributed by atoms with Crippen molar-refractivity contribution in [2.24, 2.45) is 5.92 Å². The molecule has 1 aliphatic heterocycles. The summed E-state index contributed by atoms with van der Waals surface area (Å²) in [5.74, 6) is 0.0107. The molecule has 1 heterocycles. The largest absolute Gasteiger partial charge is 0.508 e. The maximum atomic E-state index is 12.4. The molecule has 2 aromatic rings. The van der Waals surface area contributed by atoms with Gasteiger partial charge in [-0.2, -0.15) is 0 Å². The fourth-order valence-corrected chi connectivity index (χ4v) is 2.96. The van der Waals surface area contributed by atoms with E-state index in [4.69, 9.17) is 4.74 Å². The zero-order valence-electron chi connectivity index (χ0n) is 13.9. The Morgan fingerprint density at radius 2 is 1.96 bits per heavy atom. The van der Waals surface area contributed by atoms with Gasteiger partial charge in [0.1, 0.15) is 11.5 Å². The average molecular weight is 340 g/mol. The van der Waals surface area contributed by atoms with Gasteiger partial charge in [0, 0.05) is 25.1 Å². The summed E-state index contributed by atoms with van der Waals surface area (Å²) in [7, 11) is 1.55. The Labute approximate surface area is 146 Å². The van der Waals surface area contributed by atoms with E-state index in [1.165, 1.54) is 0 Å². The number of hydrogen-bond acceptors (Lipinski definition) is 4. The van der Waals surface area contributed by atoms with E-state index < -0.39 is 5.92 Å². The number of hydrogen-bond donors (Lipinski definition) is 2. The van der Waals surface area contributed by atoms with E-state index in [9.17, 15) is 14.7 Å². The molecule has 3 rings (SSSR count). The molecule has 25 heavy (non-hydrogen) atoms. The molecule has 0 aliphatic carbocycles. The van der Waals surface area contributed by atoms with Crippen molar-refractivity contribution < 1.29 is 19.4 Å². The van der Waals surface area contributed by atoms with Crippen molar-refractivity contribution in [2.75, 3.05) is 18.6 Å². The van der Waals surface area contributed by atoms with E-state index >= 15 is 0 Å². The summed E-state index contributed by atoms with van der Waals surface area (Å²) in [5.41, 5.74) is 1.31. The molecule has 0 aromatic heterocycles. The Hall–Kier alpha value is -3.02. The molecule has 0 saturated carbocycles. The van der Waals surface area contributed by atoms with Crippen molar-refractivity contribution >= 4 is 17.5 Å². The number of phenols is 1. The van der Waals surface area contributed by atoms with Gasteiger partial charge in [0.25, 0.3) is 0 Å². The minimum absolute atomic E-state index is 0.104. The number of rotatable bonds is 5. The molecule has 2 N–H and O–H groups in total. The number of nitrogens with zero attached hydrogens (tertiary/aromatic N) is 1. The molecule has 1 fully saturated rings. The topological polar surface area (TPSA) is 78.9 Å². The highest BCUT2D eigenvalue weighted by molar-refractivity contribution is 6.01. The van der Waals surface area contributed by atoms with Crippen molar-refractivity contribution in [3.8, 4) is 11.5 Å². The van der Waals surface area contributed by atoms with Crippen molar-refractivity contribution in [3.05, 3.63) is 54.1 Å². The first-order valence-electron chi connectivity index (χ1n) is 8.08. The molecule has 1 atom stereocenters. The van der Waals surface area contributed by atoms with Crippen LogP contribution >= 0.6 is 0 Å². The first-order chi connectivity index (χ1) is 12.1. The molecule has 0 radical (unpaired) electrons. The monoisotopic (exact) mass is 340 g/mol. The second kappa shape index (κ2) is 7.25. The van der Waals surface area contributed by atoms with Crippen molar-refractivity contribution in [3.63, 3.8) is 0 Å². The number of benzene rings is 2. The number of anilines is 1. The van der Waals surface area contributed by atoms with Crippen LogP contribution in [-0.2, 0) is 16.1 Å². The second-order valence-electron chi connectivity index (χ2n) is 5.92. The second-order valence-corrected chi connectivity index (χ2v) is 5.92. The molecular weight excluding hydrogens is 320 g/mol. The van der Waals surface area contributed by atoms with E-state index in [-0.39, 0.29) is 30.5 Å². The normalized spacial score (nSPS) is 16.8. The van der Waals surface area contributed by atoms with Crippen LogP contribution in [0, 0.1) is 5.92 Å². The number of amides is 2. The number of ether oxygens (including phenoxy) is 1. The highest BCUT2D eigenvalue weighted by atomic mass is 16.5. The predicted molar refractivity (Wildman–Crippen MR) is 93.4 cm³/mol. The summed E-state index contributed by atoms with van der Waals surface area (Å²) in [4.78, 5) is 26.3.